The first-order chi connectivity index (χ1) is 12.6. The molecule has 0 aliphatic carbocycles. The molecule has 5 nitrogen and oxygen atoms in total. The number of hydrogen-bond acceptors (Lipinski definition) is 4. The average Bonchev–Trinajstić information content (AvgIpc) is 3.03. The largest absolute Gasteiger partial charge is 0.491 e. The van der Waals surface area contributed by atoms with Gasteiger partial charge in [0.15, 0.2) is 11.5 Å². The minimum atomic E-state index is 0.0188. The van der Waals surface area contributed by atoms with Crippen molar-refractivity contribution < 1.29 is 13.9 Å². The van der Waals surface area contributed by atoms with Crippen molar-refractivity contribution in [2.75, 3.05) is 13.2 Å². The van der Waals surface area contributed by atoms with Gasteiger partial charge in [0.05, 0.1) is 6.54 Å². The number of ether oxygens (including phenoxy) is 1. The molecule has 0 atom stereocenters. The van der Waals surface area contributed by atoms with Crippen LogP contribution < -0.4 is 10.1 Å². The summed E-state index contributed by atoms with van der Waals surface area (Å²) >= 11 is 0. The number of para-hydroxylation sites is 2. The average molecular weight is 352 g/mol. The summed E-state index contributed by atoms with van der Waals surface area (Å²) in [7, 11) is 0. The Hall–Kier alpha value is -2.82. The van der Waals surface area contributed by atoms with Crippen molar-refractivity contribution in [1.82, 2.24) is 10.3 Å². The van der Waals surface area contributed by atoms with Gasteiger partial charge < -0.3 is 14.5 Å². The summed E-state index contributed by atoms with van der Waals surface area (Å²) in [6.07, 6.45) is 1.81. The third-order valence-electron chi connectivity index (χ3n) is 4.14. The zero-order valence-electron chi connectivity index (χ0n) is 15.2. The number of amides is 1. The fourth-order valence-corrected chi connectivity index (χ4v) is 2.83. The minimum Gasteiger partial charge on any atom is -0.491 e. The van der Waals surface area contributed by atoms with Crippen LogP contribution in [-0.2, 0) is 11.2 Å². The Kier molecular flexibility index (Phi) is 5.89. The van der Waals surface area contributed by atoms with E-state index in [-0.39, 0.29) is 5.91 Å². The molecule has 2 aromatic carbocycles. The van der Waals surface area contributed by atoms with Crippen LogP contribution in [0.3, 0.4) is 0 Å². The molecule has 1 N–H and O–H groups in total. The zero-order chi connectivity index (χ0) is 18.4. The molecular formula is C21H24N2O3. The van der Waals surface area contributed by atoms with Crippen molar-refractivity contribution in [3.8, 4) is 5.75 Å². The lowest BCUT2D eigenvalue weighted by atomic mass is 10.1. The molecule has 0 saturated carbocycles. The Bertz CT molecular complexity index is 853. The molecule has 0 fully saturated rings. The topological polar surface area (TPSA) is 64.4 Å². The van der Waals surface area contributed by atoms with Gasteiger partial charge in [-0.2, -0.15) is 0 Å². The minimum absolute atomic E-state index is 0.0188. The van der Waals surface area contributed by atoms with Crippen molar-refractivity contribution in [3.63, 3.8) is 0 Å². The van der Waals surface area contributed by atoms with E-state index < -0.39 is 0 Å². The van der Waals surface area contributed by atoms with E-state index in [1.165, 1.54) is 5.56 Å². The molecule has 0 aliphatic heterocycles. The summed E-state index contributed by atoms with van der Waals surface area (Å²) < 4.78 is 11.4. The summed E-state index contributed by atoms with van der Waals surface area (Å²) in [4.78, 5) is 16.3. The molecule has 0 radical (unpaired) electrons. The molecule has 0 aliphatic rings. The molecule has 3 rings (SSSR count). The highest BCUT2D eigenvalue weighted by molar-refractivity contribution is 5.75. The number of aromatic nitrogens is 1. The van der Waals surface area contributed by atoms with E-state index >= 15 is 0 Å². The highest BCUT2D eigenvalue weighted by Gasteiger charge is 2.07. The second-order valence-corrected chi connectivity index (χ2v) is 6.40. The van der Waals surface area contributed by atoms with E-state index in [2.05, 4.69) is 23.3 Å². The summed E-state index contributed by atoms with van der Waals surface area (Å²) in [6.45, 7) is 5.03. The summed E-state index contributed by atoms with van der Waals surface area (Å²) in [6, 6.07) is 13.7. The first-order valence-electron chi connectivity index (χ1n) is 8.93. The van der Waals surface area contributed by atoms with Gasteiger partial charge in [0.25, 0.3) is 0 Å². The van der Waals surface area contributed by atoms with Crippen LogP contribution in [0.2, 0.25) is 0 Å². The predicted molar refractivity (Wildman–Crippen MR) is 101 cm³/mol. The Morgan fingerprint density at radius 1 is 1.19 bits per heavy atom. The van der Waals surface area contributed by atoms with Gasteiger partial charge in [-0.15, -0.1) is 0 Å². The molecule has 0 unspecified atom stereocenters. The van der Waals surface area contributed by atoms with Crippen molar-refractivity contribution in [3.05, 3.63) is 59.5 Å². The number of carbonyl (C=O) groups excluding carboxylic acids is 1. The highest BCUT2D eigenvalue weighted by atomic mass is 16.5. The number of aryl methyl sites for hydroxylation is 3. The number of rotatable bonds is 8. The first kappa shape index (κ1) is 18.0. The van der Waals surface area contributed by atoms with Crippen LogP contribution in [0.5, 0.6) is 5.75 Å². The number of oxazole rings is 1. The van der Waals surface area contributed by atoms with Crippen LogP contribution in [0.1, 0.15) is 29.9 Å². The Morgan fingerprint density at radius 3 is 2.85 bits per heavy atom. The van der Waals surface area contributed by atoms with Crippen LogP contribution >= 0.6 is 0 Å². The first-order valence-corrected chi connectivity index (χ1v) is 8.93. The smallest absolute Gasteiger partial charge is 0.220 e. The Labute approximate surface area is 153 Å². The van der Waals surface area contributed by atoms with Gasteiger partial charge in [0.1, 0.15) is 17.9 Å². The van der Waals surface area contributed by atoms with Gasteiger partial charge in [0.2, 0.25) is 5.91 Å². The highest BCUT2D eigenvalue weighted by Crippen LogP contribution is 2.18. The van der Waals surface area contributed by atoms with Crippen molar-refractivity contribution >= 4 is 17.0 Å². The van der Waals surface area contributed by atoms with Gasteiger partial charge in [0, 0.05) is 12.8 Å². The van der Waals surface area contributed by atoms with Gasteiger partial charge in [-0.1, -0.05) is 29.8 Å². The third kappa shape index (κ3) is 4.85. The number of hydrogen-bond donors (Lipinski definition) is 1. The Balaban J connectivity index is 1.34. The third-order valence-corrected chi connectivity index (χ3v) is 4.14. The summed E-state index contributed by atoms with van der Waals surface area (Å²) in [5, 5.41) is 2.88. The number of nitrogens with zero attached hydrogens (tertiary/aromatic N) is 1. The second-order valence-electron chi connectivity index (χ2n) is 6.40. The van der Waals surface area contributed by atoms with Crippen molar-refractivity contribution in [2.24, 2.45) is 0 Å². The van der Waals surface area contributed by atoms with Gasteiger partial charge in [-0.05, 0) is 44.0 Å². The van der Waals surface area contributed by atoms with Crippen LogP contribution in [0.15, 0.2) is 46.9 Å². The van der Waals surface area contributed by atoms with E-state index in [1.807, 2.05) is 43.3 Å². The quantitative estimate of drug-likeness (QED) is 0.623. The van der Waals surface area contributed by atoms with Crippen molar-refractivity contribution in [1.29, 1.82) is 0 Å². The Morgan fingerprint density at radius 2 is 2.04 bits per heavy atom. The number of carbonyl (C=O) groups is 1. The van der Waals surface area contributed by atoms with E-state index in [4.69, 9.17) is 9.15 Å². The van der Waals surface area contributed by atoms with Crippen LogP contribution in [0, 0.1) is 13.8 Å². The maximum atomic E-state index is 11.9. The molecule has 1 aromatic heterocycles. The van der Waals surface area contributed by atoms with Gasteiger partial charge in [-0.3, -0.25) is 4.79 Å². The monoisotopic (exact) mass is 352 g/mol. The van der Waals surface area contributed by atoms with E-state index in [0.29, 0.717) is 38.3 Å². The maximum absolute atomic E-state index is 11.9. The lowest BCUT2D eigenvalue weighted by Crippen LogP contribution is -2.28. The number of nitrogens with one attached hydrogen (secondary N) is 1. The SMILES string of the molecule is Cc1ccc(OCCNC(=O)CCCc2nc3ccccc3o2)c(C)c1. The fourth-order valence-electron chi connectivity index (χ4n) is 2.83. The molecule has 5 heteroatoms. The molecule has 1 heterocycles. The van der Waals surface area contributed by atoms with E-state index in [0.717, 1.165) is 22.4 Å². The summed E-state index contributed by atoms with van der Waals surface area (Å²) in [5.74, 6) is 1.56. The summed E-state index contributed by atoms with van der Waals surface area (Å²) in [5.41, 5.74) is 3.96. The predicted octanol–water partition coefficient (Wildman–Crippen LogP) is 3.96. The maximum Gasteiger partial charge on any atom is 0.220 e. The van der Waals surface area contributed by atoms with Crippen LogP contribution in [0.4, 0.5) is 0 Å². The molecule has 26 heavy (non-hydrogen) atoms. The molecule has 1 amide bonds. The normalized spacial score (nSPS) is 10.8. The molecule has 136 valence electrons. The number of fused-ring (bicyclic) bond motifs is 1. The van der Waals surface area contributed by atoms with Crippen LogP contribution in [-0.4, -0.2) is 24.0 Å². The van der Waals surface area contributed by atoms with Gasteiger partial charge in [-0.25, -0.2) is 4.98 Å². The van der Waals surface area contributed by atoms with Crippen LogP contribution in [0.25, 0.3) is 11.1 Å². The number of benzene rings is 2. The van der Waals surface area contributed by atoms with E-state index in [1.54, 1.807) is 0 Å². The fraction of sp³-hybridized carbons (Fsp3) is 0.333. The lowest BCUT2D eigenvalue weighted by molar-refractivity contribution is -0.121. The molecule has 0 saturated heterocycles. The van der Waals surface area contributed by atoms with Gasteiger partial charge >= 0.3 is 0 Å². The molecule has 3 aromatic rings. The molecule has 0 spiro atoms. The second kappa shape index (κ2) is 8.52. The molecule has 0 bridgehead atoms. The lowest BCUT2D eigenvalue weighted by Gasteiger charge is -2.10. The van der Waals surface area contributed by atoms with Crippen molar-refractivity contribution in [2.45, 2.75) is 33.1 Å². The van der Waals surface area contributed by atoms with E-state index in [9.17, 15) is 4.79 Å². The standard InChI is InChI=1S/C21H24N2O3/c1-15-10-11-18(16(2)14-15)25-13-12-22-20(24)8-5-9-21-23-17-6-3-4-7-19(17)26-21/h3-4,6-7,10-11,14H,5,8-9,12-13H2,1-2H3,(H,22,24). The molecular weight excluding hydrogens is 328 g/mol. The zero-order valence-corrected chi connectivity index (χ0v) is 15.2.